The highest BCUT2D eigenvalue weighted by Gasteiger charge is 2.03. The Kier molecular flexibility index (Phi) is 1.48. The molecule has 12 heavy (non-hydrogen) atoms. The molecule has 0 aromatic carbocycles. The van der Waals surface area contributed by atoms with Crippen molar-refractivity contribution in [1.29, 1.82) is 0 Å². The highest BCUT2D eigenvalue weighted by atomic mass is 14.9. The molecule has 60 valence electrons. The van der Waals surface area contributed by atoms with Gasteiger partial charge in [-0.05, 0) is 0 Å². The van der Waals surface area contributed by atoms with Crippen LogP contribution in [0, 0.1) is 0 Å². The Morgan fingerprint density at radius 1 is 1.25 bits per heavy atom. The third-order valence-corrected chi connectivity index (χ3v) is 1.49. The molecule has 0 saturated carbocycles. The maximum atomic E-state index is 5.64. The van der Waals surface area contributed by atoms with Crippen molar-refractivity contribution in [2.75, 3.05) is 5.73 Å². The summed E-state index contributed by atoms with van der Waals surface area (Å²) in [4.78, 5) is 14.6. The van der Waals surface area contributed by atoms with Crippen LogP contribution in [-0.2, 0) is 0 Å². The molecule has 5 nitrogen and oxygen atoms in total. The largest absolute Gasteiger partial charge is 0.396 e. The van der Waals surface area contributed by atoms with E-state index in [2.05, 4.69) is 19.9 Å². The van der Waals surface area contributed by atoms with Gasteiger partial charge in [-0.2, -0.15) is 0 Å². The fraction of sp³-hybridized carbons (Fsp3) is 0. The van der Waals surface area contributed by atoms with Crippen molar-refractivity contribution >= 4 is 5.69 Å². The first-order valence-electron chi connectivity index (χ1n) is 3.42. The van der Waals surface area contributed by atoms with Crippen LogP contribution in [0.4, 0.5) is 5.69 Å². The van der Waals surface area contributed by atoms with Gasteiger partial charge >= 0.3 is 0 Å². The lowest BCUT2D eigenvalue weighted by Gasteiger charge is -1.98. The Bertz CT molecular complexity index is 367. The minimum absolute atomic E-state index is 0.543. The van der Waals surface area contributed by atoms with Gasteiger partial charge in [-0.25, -0.2) is 15.0 Å². The molecule has 0 atom stereocenters. The number of nitrogen functional groups attached to an aromatic ring is 1. The van der Waals surface area contributed by atoms with E-state index in [1.165, 1.54) is 6.33 Å². The van der Waals surface area contributed by atoms with Crippen molar-refractivity contribution in [1.82, 2.24) is 19.9 Å². The highest BCUT2D eigenvalue weighted by Crippen LogP contribution is 2.18. The molecule has 0 saturated heterocycles. The number of nitrogens with zero attached hydrogens (tertiary/aromatic N) is 3. The fourth-order valence-corrected chi connectivity index (χ4v) is 0.951. The summed E-state index contributed by atoms with van der Waals surface area (Å²) >= 11 is 0. The third-order valence-electron chi connectivity index (χ3n) is 1.49. The standard InChI is InChI=1S/C7H7N5/c8-5-1-9-4-12-7(5)6-2-10-3-11-6/h1-4H,8H2,(H,10,11). The molecule has 0 fully saturated rings. The van der Waals surface area contributed by atoms with E-state index in [0.29, 0.717) is 11.4 Å². The van der Waals surface area contributed by atoms with Gasteiger partial charge in [0, 0.05) is 0 Å². The molecule has 2 rings (SSSR count). The SMILES string of the molecule is Nc1cncnc1-c1cnc[nH]1. The number of imidazole rings is 1. The van der Waals surface area contributed by atoms with Crippen molar-refractivity contribution < 1.29 is 0 Å². The first kappa shape index (κ1) is 6.78. The second kappa shape index (κ2) is 2.61. The van der Waals surface area contributed by atoms with Gasteiger partial charge in [0.1, 0.15) is 12.0 Å². The second-order valence-electron chi connectivity index (χ2n) is 2.29. The second-order valence-corrected chi connectivity index (χ2v) is 2.29. The number of anilines is 1. The van der Waals surface area contributed by atoms with Crippen molar-refractivity contribution in [3.05, 3.63) is 25.0 Å². The van der Waals surface area contributed by atoms with Crippen LogP contribution < -0.4 is 5.73 Å². The smallest absolute Gasteiger partial charge is 0.116 e. The summed E-state index contributed by atoms with van der Waals surface area (Å²) in [6, 6.07) is 0. The summed E-state index contributed by atoms with van der Waals surface area (Å²) in [6.45, 7) is 0. The van der Waals surface area contributed by atoms with Crippen LogP contribution in [0.3, 0.4) is 0 Å². The zero-order valence-corrected chi connectivity index (χ0v) is 6.23. The molecule has 0 radical (unpaired) electrons. The average molecular weight is 161 g/mol. The first-order chi connectivity index (χ1) is 5.88. The van der Waals surface area contributed by atoms with Gasteiger partial charge in [0.25, 0.3) is 0 Å². The molecule has 2 aromatic rings. The Morgan fingerprint density at radius 3 is 2.83 bits per heavy atom. The van der Waals surface area contributed by atoms with Crippen molar-refractivity contribution in [2.45, 2.75) is 0 Å². The molecule has 0 bridgehead atoms. The van der Waals surface area contributed by atoms with Gasteiger partial charge in [0.2, 0.25) is 0 Å². The number of hydrogen-bond donors (Lipinski definition) is 2. The summed E-state index contributed by atoms with van der Waals surface area (Å²) in [7, 11) is 0. The summed E-state index contributed by atoms with van der Waals surface area (Å²) in [5.74, 6) is 0. The summed E-state index contributed by atoms with van der Waals surface area (Å²) in [5, 5.41) is 0. The van der Waals surface area contributed by atoms with Gasteiger partial charge in [-0.1, -0.05) is 0 Å². The zero-order valence-electron chi connectivity index (χ0n) is 6.23. The lowest BCUT2D eigenvalue weighted by molar-refractivity contribution is 1.16. The van der Waals surface area contributed by atoms with Crippen LogP contribution in [0.1, 0.15) is 0 Å². The Labute approximate surface area is 68.7 Å². The lowest BCUT2D eigenvalue weighted by atomic mass is 10.3. The maximum absolute atomic E-state index is 5.64. The van der Waals surface area contributed by atoms with Crippen molar-refractivity contribution in [3.8, 4) is 11.4 Å². The zero-order chi connectivity index (χ0) is 8.39. The minimum Gasteiger partial charge on any atom is -0.396 e. The molecule has 0 aliphatic carbocycles. The van der Waals surface area contributed by atoms with E-state index in [0.717, 1.165) is 5.69 Å². The Hall–Kier alpha value is -1.91. The van der Waals surface area contributed by atoms with E-state index >= 15 is 0 Å². The molecular formula is C7H7N5. The molecule has 2 heterocycles. The molecule has 0 aliphatic heterocycles. The summed E-state index contributed by atoms with van der Waals surface area (Å²) in [5.41, 5.74) is 7.67. The number of H-pyrrole nitrogens is 1. The van der Waals surface area contributed by atoms with Crippen LogP contribution in [-0.4, -0.2) is 19.9 Å². The van der Waals surface area contributed by atoms with Crippen LogP contribution in [0.25, 0.3) is 11.4 Å². The topological polar surface area (TPSA) is 80.5 Å². The molecule has 3 N–H and O–H groups in total. The van der Waals surface area contributed by atoms with Gasteiger partial charge < -0.3 is 10.7 Å². The summed E-state index contributed by atoms with van der Waals surface area (Å²) in [6.07, 6.45) is 6.26. The Balaban J connectivity index is 2.55. The van der Waals surface area contributed by atoms with E-state index in [-0.39, 0.29) is 0 Å². The average Bonchev–Trinajstić information content (AvgIpc) is 2.57. The van der Waals surface area contributed by atoms with E-state index in [1.807, 2.05) is 0 Å². The van der Waals surface area contributed by atoms with E-state index in [4.69, 9.17) is 5.73 Å². The highest BCUT2D eigenvalue weighted by molar-refractivity contribution is 5.67. The number of hydrogen-bond acceptors (Lipinski definition) is 4. The number of aromatic nitrogens is 4. The van der Waals surface area contributed by atoms with Gasteiger partial charge in [0.15, 0.2) is 0 Å². The fourth-order valence-electron chi connectivity index (χ4n) is 0.951. The molecule has 2 aromatic heterocycles. The molecule has 0 amide bonds. The third kappa shape index (κ3) is 1.01. The van der Waals surface area contributed by atoms with Crippen LogP contribution in [0.2, 0.25) is 0 Å². The van der Waals surface area contributed by atoms with Crippen LogP contribution in [0.5, 0.6) is 0 Å². The number of aromatic amines is 1. The quantitative estimate of drug-likeness (QED) is 0.636. The molecule has 0 aliphatic rings. The van der Waals surface area contributed by atoms with Crippen LogP contribution in [0.15, 0.2) is 25.0 Å². The number of nitrogens with one attached hydrogen (secondary N) is 1. The molecule has 0 unspecified atom stereocenters. The van der Waals surface area contributed by atoms with E-state index in [9.17, 15) is 0 Å². The molecule has 0 spiro atoms. The molecule has 5 heteroatoms. The molecular weight excluding hydrogens is 154 g/mol. The van der Waals surface area contributed by atoms with Gasteiger partial charge in [0.05, 0.1) is 30.1 Å². The predicted molar refractivity (Wildman–Crippen MR) is 44.0 cm³/mol. The van der Waals surface area contributed by atoms with Crippen molar-refractivity contribution in [3.63, 3.8) is 0 Å². The number of rotatable bonds is 1. The predicted octanol–water partition coefficient (Wildman–Crippen LogP) is 0.449. The van der Waals surface area contributed by atoms with Crippen molar-refractivity contribution in [2.24, 2.45) is 0 Å². The minimum atomic E-state index is 0.543. The number of nitrogens with two attached hydrogens (primary N) is 1. The maximum Gasteiger partial charge on any atom is 0.116 e. The normalized spacial score (nSPS) is 10.0. The van der Waals surface area contributed by atoms with Gasteiger partial charge in [-0.3, -0.25) is 0 Å². The van der Waals surface area contributed by atoms with Crippen LogP contribution >= 0.6 is 0 Å². The van der Waals surface area contributed by atoms with E-state index < -0.39 is 0 Å². The Morgan fingerprint density at radius 2 is 2.17 bits per heavy atom. The first-order valence-corrected chi connectivity index (χ1v) is 3.42. The van der Waals surface area contributed by atoms with E-state index in [1.54, 1.807) is 18.7 Å². The summed E-state index contributed by atoms with van der Waals surface area (Å²) < 4.78 is 0. The lowest BCUT2D eigenvalue weighted by Crippen LogP contribution is -1.93. The van der Waals surface area contributed by atoms with Gasteiger partial charge in [-0.15, -0.1) is 0 Å². The monoisotopic (exact) mass is 161 g/mol.